The Balaban J connectivity index is 2.44. The first-order valence-corrected chi connectivity index (χ1v) is 6.41. The molecule has 0 radical (unpaired) electrons. The van der Waals surface area contributed by atoms with Gasteiger partial charge in [0, 0.05) is 18.7 Å². The Labute approximate surface area is 107 Å². The highest BCUT2D eigenvalue weighted by Crippen LogP contribution is 2.16. The van der Waals surface area contributed by atoms with Gasteiger partial charge in [-0.05, 0) is 31.9 Å². The third-order valence-corrected chi connectivity index (χ3v) is 2.91. The van der Waals surface area contributed by atoms with Crippen molar-refractivity contribution in [2.45, 2.75) is 45.8 Å². The fourth-order valence-corrected chi connectivity index (χ4v) is 1.73. The van der Waals surface area contributed by atoms with E-state index in [1.165, 1.54) is 6.07 Å². The normalized spacial score (nSPS) is 12.8. The molecule has 4 heteroatoms. The molecule has 0 saturated heterocycles. The van der Waals surface area contributed by atoms with E-state index in [4.69, 9.17) is 4.74 Å². The second kappa shape index (κ2) is 7.31. The van der Waals surface area contributed by atoms with Gasteiger partial charge in [-0.25, -0.2) is 8.78 Å². The van der Waals surface area contributed by atoms with Crippen molar-refractivity contribution in [2.75, 3.05) is 6.54 Å². The quantitative estimate of drug-likeness (QED) is 0.807. The second-order valence-electron chi connectivity index (χ2n) is 4.43. The molecule has 1 aromatic carbocycles. The number of benzene rings is 1. The number of rotatable bonds is 7. The summed E-state index contributed by atoms with van der Waals surface area (Å²) in [4.78, 5) is 0. The summed E-state index contributed by atoms with van der Waals surface area (Å²) in [5.41, 5.74) is 0. The Morgan fingerprint density at radius 1 is 1.17 bits per heavy atom. The maximum Gasteiger partial charge on any atom is 0.162 e. The van der Waals surface area contributed by atoms with Gasteiger partial charge in [-0.2, -0.15) is 0 Å². The zero-order chi connectivity index (χ0) is 13.5. The van der Waals surface area contributed by atoms with Crippen molar-refractivity contribution in [2.24, 2.45) is 0 Å². The van der Waals surface area contributed by atoms with Crippen molar-refractivity contribution >= 4 is 0 Å². The summed E-state index contributed by atoms with van der Waals surface area (Å²) >= 11 is 0. The second-order valence-corrected chi connectivity index (χ2v) is 4.43. The van der Waals surface area contributed by atoms with E-state index in [2.05, 4.69) is 19.2 Å². The molecule has 0 bridgehead atoms. The molecular weight excluding hydrogens is 236 g/mol. The maximum absolute atomic E-state index is 13.0. The van der Waals surface area contributed by atoms with Gasteiger partial charge in [0.1, 0.15) is 11.9 Å². The molecule has 18 heavy (non-hydrogen) atoms. The highest BCUT2D eigenvalue weighted by molar-refractivity contribution is 5.23. The van der Waals surface area contributed by atoms with E-state index in [9.17, 15) is 8.78 Å². The van der Waals surface area contributed by atoms with Crippen LogP contribution in [-0.4, -0.2) is 18.7 Å². The van der Waals surface area contributed by atoms with Gasteiger partial charge in [-0.15, -0.1) is 0 Å². The molecule has 1 aromatic rings. The lowest BCUT2D eigenvalue weighted by atomic mass is 10.1. The van der Waals surface area contributed by atoms with Crippen LogP contribution in [0.4, 0.5) is 8.78 Å². The van der Waals surface area contributed by atoms with Crippen LogP contribution in [0.25, 0.3) is 0 Å². The van der Waals surface area contributed by atoms with Crippen molar-refractivity contribution in [3.8, 4) is 5.75 Å². The third-order valence-electron chi connectivity index (χ3n) is 2.91. The van der Waals surface area contributed by atoms with E-state index in [0.717, 1.165) is 25.0 Å². The van der Waals surface area contributed by atoms with E-state index in [0.29, 0.717) is 18.3 Å². The van der Waals surface area contributed by atoms with Gasteiger partial charge in [0.25, 0.3) is 0 Å². The largest absolute Gasteiger partial charge is 0.489 e. The Morgan fingerprint density at radius 2 is 1.83 bits per heavy atom. The average Bonchev–Trinajstić information content (AvgIpc) is 2.35. The molecule has 0 saturated carbocycles. The van der Waals surface area contributed by atoms with E-state index in [-0.39, 0.29) is 6.10 Å². The lowest BCUT2D eigenvalue weighted by Gasteiger charge is -2.20. The van der Waals surface area contributed by atoms with Crippen LogP contribution in [0.3, 0.4) is 0 Å². The zero-order valence-electron chi connectivity index (χ0n) is 11.2. The Bertz CT molecular complexity index is 367. The first-order chi connectivity index (χ1) is 8.56. The van der Waals surface area contributed by atoms with Gasteiger partial charge in [-0.1, -0.05) is 13.8 Å². The van der Waals surface area contributed by atoms with Gasteiger partial charge in [0.15, 0.2) is 11.6 Å². The minimum absolute atomic E-state index is 0.0875. The molecule has 1 unspecified atom stereocenters. The third kappa shape index (κ3) is 4.61. The van der Waals surface area contributed by atoms with E-state index >= 15 is 0 Å². The molecule has 0 aliphatic heterocycles. The minimum Gasteiger partial charge on any atom is -0.489 e. The van der Waals surface area contributed by atoms with Gasteiger partial charge < -0.3 is 10.1 Å². The first-order valence-electron chi connectivity index (χ1n) is 6.41. The van der Waals surface area contributed by atoms with Crippen molar-refractivity contribution in [1.29, 1.82) is 0 Å². The minimum atomic E-state index is -0.882. The summed E-state index contributed by atoms with van der Waals surface area (Å²) in [6, 6.07) is 4.06. The molecule has 0 aliphatic carbocycles. The predicted molar refractivity (Wildman–Crippen MR) is 68.8 cm³/mol. The molecule has 2 nitrogen and oxygen atoms in total. The predicted octanol–water partition coefficient (Wildman–Crippen LogP) is 3.51. The van der Waals surface area contributed by atoms with Crippen LogP contribution < -0.4 is 10.1 Å². The standard InChI is InChI=1S/C14H21F2NO/c1-4-11(5-2)17-9-10(3)18-12-6-7-13(15)14(16)8-12/h6-8,10-11,17H,4-5,9H2,1-3H3. The van der Waals surface area contributed by atoms with Gasteiger partial charge >= 0.3 is 0 Å². The number of nitrogens with one attached hydrogen (secondary N) is 1. The summed E-state index contributed by atoms with van der Waals surface area (Å²) in [6.45, 7) is 6.84. The summed E-state index contributed by atoms with van der Waals surface area (Å²) in [7, 11) is 0. The van der Waals surface area contributed by atoms with E-state index < -0.39 is 11.6 Å². The van der Waals surface area contributed by atoms with Gasteiger partial charge in [-0.3, -0.25) is 0 Å². The fraction of sp³-hybridized carbons (Fsp3) is 0.571. The van der Waals surface area contributed by atoms with Crippen molar-refractivity contribution in [3.63, 3.8) is 0 Å². The van der Waals surface area contributed by atoms with Crippen molar-refractivity contribution in [1.82, 2.24) is 5.32 Å². The first kappa shape index (κ1) is 14.9. The Morgan fingerprint density at radius 3 is 2.39 bits per heavy atom. The van der Waals surface area contributed by atoms with Gasteiger partial charge in [0.2, 0.25) is 0 Å². The molecule has 1 atom stereocenters. The van der Waals surface area contributed by atoms with Gasteiger partial charge in [0.05, 0.1) is 0 Å². The summed E-state index contributed by atoms with van der Waals surface area (Å²) in [5, 5.41) is 3.37. The highest BCUT2D eigenvalue weighted by atomic mass is 19.2. The number of hydrogen-bond acceptors (Lipinski definition) is 2. The van der Waals surface area contributed by atoms with Crippen LogP contribution in [0.2, 0.25) is 0 Å². The molecule has 0 amide bonds. The summed E-state index contributed by atoms with van der Waals surface area (Å²) < 4.78 is 31.2. The highest BCUT2D eigenvalue weighted by Gasteiger charge is 2.09. The molecule has 0 heterocycles. The van der Waals surface area contributed by atoms with Crippen LogP contribution in [0.5, 0.6) is 5.75 Å². The Kier molecular flexibility index (Phi) is 6.05. The van der Waals surface area contributed by atoms with Crippen LogP contribution in [0.1, 0.15) is 33.6 Å². The monoisotopic (exact) mass is 257 g/mol. The number of hydrogen-bond donors (Lipinski definition) is 1. The molecule has 0 fully saturated rings. The van der Waals surface area contributed by atoms with E-state index in [1.807, 2.05) is 6.92 Å². The van der Waals surface area contributed by atoms with Crippen molar-refractivity contribution < 1.29 is 13.5 Å². The summed E-state index contributed by atoms with van der Waals surface area (Å²) in [5.74, 6) is -1.38. The molecular formula is C14H21F2NO. The summed E-state index contributed by atoms with van der Waals surface area (Å²) in [6.07, 6.45) is 2.04. The molecule has 1 N–H and O–H groups in total. The number of halogens is 2. The van der Waals surface area contributed by atoms with Crippen LogP contribution >= 0.6 is 0 Å². The fourth-order valence-electron chi connectivity index (χ4n) is 1.73. The Hall–Kier alpha value is -1.16. The van der Waals surface area contributed by atoms with Crippen LogP contribution in [0, 0.1) is 11.6 Å². The van der Waals surface area contributed by atoms with Crippen LogP contribution in [0.15, 0.2) is 18.2 Å². The SMILES string of the molecule is CCC(CC)NCC(C)Oc1ccc(F)c(F)c1. The molecule has 1 rings (SSSR count). The topological polar surface area (TPSA) is 21.3 Å². The van der Waals surface area contributed by atoms with E-state index in [1.54, 1.807) is 0 Å². The smallest absolute Gasteiger partial charge is 0.162 e. The molecule has 0 spiro atoms. The maximum atomic E-state index is 13.0. The lowest BCUT2D eigenvalue weighted by Crippen LogP contribution is -2.36. The van der Waals surface area contributed by atoms with Crippen molar-refractivity contribution in [3.05, 3.63) is 29.8 Å². The molecule has 102 valence electrons. The zero-order valence-corrected chi connectivity index (χ0v) is 11.2. The average molecular weight is 257 g/mol. The molecule has 0 aromatic heterocycles. The van der Waals surface area contributed by atoms with Crippen LogP contribution in [-0.2, 0) is 0 Å². The number of ether oxygens (including phenoxy) is 1. The molecule has 0 aliphatic rings. The lowest BCUT2D eigenvalue weighted by molar-refractivity contribution is 0.209.